The van der Waals surface area contributed by atoms with Crippen molar-refractivity contribution in [2.45, 2.75) is 37.8 Å². The summed E-state index contributed by atoms with van der Waals surface area (Å²) in [5.74, 6) is -4.97. The minimum absolute atomic E-state index is 0.200. The zero-order chi connectivity index (χ0) is 31.7. The molecule has 9 nitrogen and oxygen atoms in total. The highest BCUT2D eigenvalue weighted by Gasteiger charge is 2.38. The van der Waals surface area contributed by atoms with Gasteiger partial charge in [0.15, 0.2) is 0 Å². The number of aromatic amines is 1. The van der Waals surface area contributed by atoms with Crippen molar-refractivity contribution in [1.29, 1.82) is 0 Å². The number of carboxylic acid groups (broad SMARTS) is 2. The van der Waals surface area contributed by atoms with Crippen LogP contribution in [-0.4, -0.2) is 68.5 Å². The van der Waals surface area contributed by atoms with E-state index in [2.05, 4.69) is 27.0 Å². The Hall–Kier alpha value is -3.95. The van der Waals surface area contributed by atoms with Gasteiger partial charge < -0.3 is 20.9 Å². The van der Waals surface area contributed by atoms with Crippen molar-refractivity contribution < 1.29 is 46.1 Å². The van der Waals surface area contributed by atoms with E-state index in [0.717, 1.165) is 43.6 Å². The van der Waals surface area contributed by atoms with Crippen molar-refractivity contribution in [1.82, 2.24) is 14.9 Å². The summed E-state index contributed by atoms with van der Waals surface area (Å²) >= 11 is 6.27. The molecule has 1 fully saturated rings. The first-order valence-corrected chi connectivity index (χ1v) is 12.4. The lowest BCUT2D eigenvalue weighted by Crippen LogP contribution is -2.39. The molecule has 1 saturated heterocycles. The number of carbonyl (C=O) groups is 2. The summed E-state index contributed by atoms with van der Waals surface area (Å²) in [7, 11) is 0. The van der Waals surface area contributed by atoms with Crippen LogP contribution >= 0.6 is 11.6 Å². The molecule has 0 radical (unpaired) electrons. The van der Waals surface area contributed by atoms with Crippen molar-refractivity contribution >= 4 is 23.5 Å². The third-order valence-corrected chi connectivity index (χ3v) is 5.97. The van der Waals surface area contributed by atoms with Crippen LogP contribution in [0, 0.1) is 0 Å². The van der Waals surface area contributed by atoms with Gasteiger partial charge >= 0.3 is 24.3 Å². The van der Waals surface area contributed by atoms with Gasteiger partial charge in [-0.2, -0.15) is 26.3 Å². The minimum atomic E-state index is -5.08. The zero-order valence-corrected chi connectivity index (χ0v) is 22.3. The van der Waals surface area contributed by atoms with Gasteiger partial charge in [0.1, 0.15) is 5.82 Å². The van der Waals surface area contributed by atoms with Gasteiger partial charge in [0.25, 0.3) is 5.56 Å². The number of aliphatic carboxylic acids is 2. The zero-order valence-electron chi connectivity index (χ0n) is 21.5. The Kier molecular flexibility index (Phi) is 12.1. The lowest BCUT2D eigenvalue weighted by atomic mass is 10.0. The molecule has 1 aliphatic rings. The van der Waals surface area contributed by atoms with Crippen molar-refractivity contribution in [3.05, 3.63) is 75.5 Å². The molecule has 0 spiro atoms. The Bertz CT molecular complexity index is 1380. The molecule has 2 aromatic carbocycles. The highest BCUT2D eigenvalue weighted by Crippen LogP contribution is 2.26. The van der Waals surface area contributed by atoms with Crippen LogP contribution in [-0.2, 0) is 16.1 Å². The molecule has 0 bridgehead atoms. The Morgan fingerprint density at radius 1 is 0.952 bits per heavy atom. The van der Waals surface area contributed by atoms with Crippen molar-refractivity contribution in [3.63, 3.8) is 0 Å². The maximum atomic E-state index is 12.2. The summed E-state index contributed by atoms with van der Waals surface area (Å²) in [6.45, 7) is 2.99. The molecular formula is C26H25ClF6N4O5. The summed E-state index contributed by atoms with van der Waals surface area (Å²) in [6, 6.07) is 17.4. The third-order valence-electron chi connectivity index (χ3n) is 5.64. The maximum absolute atomic E-state index is 12.2. The van der Waals surface area contributed by atoms with Gasteiger partial charge in [-0.1, -0.05) is 54.1 Å². The molecule has 3 aromatic rings. The van der Waals surface area contributed by atoms with E-state index in [1.807, 2.05) is 30.3 Å². The van der Waals surface area contributed by atoms with Gasteiger partial charge in [0.2, 0.25) is 0 Å². The van der Waals surface area contributed by atoms with Crippen LogP contribution in [0.3, 0.4) is 0 Å². The molecule has 228 valence electrons. The first-order chi connectivity index (χ1) is 19.5. The highest BCUT2D eigenvalue weighted by atomic mass is 35.5. The second-order valence-electron chi connectivity index (χ2n) is 8.88. The smallest absolute Gasteiger partial charge is 0.475 e. The third kappa shape index (κ3) is 11.1. The minimum Gasteiger partial charge on any atom is -0.475 e. The quantitative estimate of drug-likeness (QED) is 0.299. The van der Waals surface area contributed by atoms with Gasteiger partial charge in [-0.15, -0.1) is 0 Å². The highest BCUT2D eigenvalue weighted by molar-refractivity contribution is 6.33. The summed E-state index contributed by atoms with van der Waals surface area (Å²) in [6.07, 6.45) is -8.06. The van der Waals surface area contributed by atoms with Crippen LogP contribution < -0.4 is 11.3 Å². The van der Waals surface area contributed by atoms with Gasteiger partial charge in [-0.05, 0) is 37.6 Å². The van der Waals surface area contributed by atoms with Crippen LogP contribution in [0.25, 0.3) is 22.6 Å². The average molecular weight is 623 g/mol. The van der Waals surface area contributed by atoms with Crippen LogP contribution in [0.2, 0.25) is 5.02 Å². The van der Waals surface area contributed by atoms with Crippen LogP contribution in [0.5, 0.6) is 0 Å². The van der Waals surface area contributed by atoms with E-state index in [1.54, 1.807) is 6.07 Å². The topological polar surface area (TPSA) is 150 Å². The van der Waals surface area contributed by atoms with Crippen molar-refractivity contribution in [2.24, 2.45) is 5.73 Å². The SMILES string of the molecule is NC1CCN(Cc2ccc(-c3nc(-c4ccccc4Cl)cc(=O)[nH]3)cc2)CC1.O=C(O)C(F)(F)F.O=C(O)C(F)(F)F. The molecule has 0 atom stereocenters. The van der Waals surface area contributed by atoms with E-state index in [-0.39, 0.29) is 5.56 Å². The Labute approximate surface area is 239 Å². The number of alkyl halides is 6. The van der Waals surface area contributed by atoms with Crippen LogP contribution in [0.1, 0.15) is 18.4 Å². The number of likely N-dealkylation sites (tertiary alicyclic amines) is 1. The molecular weight excluding hydrogens is 598 g/mol. The summed E-state index contributed by atoms with van der Waals surface area (Å²) in [5.41, 5.74) is 9.20. The molecule has 0 aliphatic carbocycles. The van der Waals surface area contributed by atoms with E-state index >= 15 is 0 Å². The monoisotopic (exact) mass is 622 g/mol. The standard InChI is InChI=1S/C22H23ClN4O.2C2HF3O2/c23-19-4-2-1-3-18(19)20-13-21(28)26-22(25-20)16-7-5-15(6-8-16)14-27-11-9-17(24)10-12-27;2*3-2(4,5)1(6)7/h1-8,13,17H,9-12,14,24H2,(H,25,26,28);2*(H,6,7). The second kappa shape index (κ2) is 14.8. The fourth-order valence-corrected chi connectivity index (χ4v) is 3.77. The van der Waals surface area contributed by atoms with E-state index in [9.17, 15) is 31.1 Å². The molecule has 16 heteroatoms. The molecule has 1 aromatic heterocycles. The fourth-order valence-electron chi connectivity index (χ4n) is 3.54. The molecule has 0 saturated carbocycles. The van der Waals surface area contributed by atoms with Crippen LogP contribution in [0.4, 0.5) is 26.3 Å². The van der Waals surface area contributed by atoms with Gasteiger partial charge in [0, 0.05) is 34.8 Å². The molecule has 0 unspecified atom stereocenters. The lowest BCUT2D eigenvalue weighted by Gasteiger charge is -2.30. The molecule has 5 N–H and O–H groups in total. The van der Waals surface area contributed by atoms with E-state index in [4.69, 9.17) is 37.1 Å². The summed E-state index contributed by atoms with van der Waals surface area (Å²) < 4.78 is 63.5. The lowest BCUT2D eigenvalue weighted by molar-refractivity contribution is -0.193. The maximum Gasteiger partial charge on any atom is 0.490 e. The Balaban J connectivity index is 0.000000367. The average Bonchev–Trinajstić information content (AvgIpc) is 2.90. The number of carboxylic acids is 2. The molecule has 4 rings (SSSR count). The molecule has 0 amide bonds. The molecule has 42 heavy (non-hydrogen) atoms. The molecule has 1 aliphatic heterocycles. The van der Waals surface area contributed by atoms with Crippen molar-refractivity contribution in [3.8, 4) is 22.6 Å². The number of piperidine rings is 1. The number of nitrogens with two attached hydrogens (primary N) is 1. The number of H-pyrrole nitrogens is 1. The summed E-state index contributed by atoms with van der Waals surface area (Å²) in [5, 5.41) is 14.8. The first kappa shape index (κ1) is 34.3. The van der Waals surface area contributed by atoms with E-state index < -0.39 is 24.3 Å². The number of aromatic nitrogens is 2. The number of benzene rings is 2. The van der Waals surface area contributed by atoms with Gasteiger partial charge in [0.05, 0.1) is 5.69 Å². The summed E-state index contributed by atoms with van der Waals surface area (Å²) in [4.78, 5) is 39.8. The number of hydrogen-bond donors (Lipinski definition) is 4. The van der Waals surface area contributed by atoms with E-state index in [0.29, 0.717) is 22.6 Å². The predicted molar refractivity (Wildman–Crippen MR) is 141 cm³/mol. The number of nitrogens with zero attached hydrogens (tertiary/aromatic N) is 2. The second-order valence-corrected chi connectivity index (χ2v) is 9.28. The Morgan fingerprint density at radius 3 is 1.93 bits per heavy atom. The van der Waals surface area contributed by atoms with E-state index in [1.165, 1.54) is 11.6 Å². The predicted octanol–water partition coefficient (Wildman–Crippen LogP) is 4.95. The Morgan fingerprint density at radius 2 is 1.45 bits per heavy atom. The number of halogens is 7. The van der Waals surface area contributed by atoms with Crippen LogP contribution in [0.15, 0.2) is 59.4 Å². The number of hydrogen-bond acceptors (Lipinski definition) is 6. The molecule has 2 heterocycles. The fraction of sp³-hybridized carbons (Fsp3) is 0.308. The first-order valence-electron chi connectivity index (χ1n) is 12.0. The normalized spacial score (nSPS) is 14.2. The van der Waals surface area contributed by atoms with Gasteiger partial charge in [-0.25, -0.2) is 14.6 Å². The largest absolute Gasteiger partial charge is 0.490 e. The number of nitrogens with one attached hydrogen (secondary N) is 1. The van der Waals surface area contributed by atoms with Crippen molar-refractivity contribution in [2.75, 3.05) is 13.1 Å². The van der Waals surface area contributed by atoms with Gasteiger partial charge in [-0.3, -0.25) is 9.69 Å². The number of rotatable bonds is 4.